The molecule has 0 atom stereocenters. The first-order valence-electron chi connectivity index (χ1n) is 7.38. The van der Waals surface area contributed by atoms with Gasteiger partial charge in [-0.15, -0.1) is 0 Å². The lowest BCUT2D eigenvalue weighted by molar-refractivity contribution is 0.0521. The molecule has 0 aliphatic heterocycles. The Morgan fingerprint density at radius 1 is 1.15 bits per heavy atom. The highest BCUT2D eigenvalue weighted by molar-refractivity contribution is 5.93. The second-order valence-corrected chi connectivity index (χ2v) is 4.74. The van der Waals surface area contributed by atoms with Gasteiger partial charge in [-0.2, -0.15) is 0 Å². The van der Waals surface area contributed by atoms with Crippen LogP contribution in [0.1, 0.15) is 56.3 Å². The van der Waals surface area contributed by atoms with Gasteiger partial charge in [0.2, 0.25) is 0 Å². The van der Waals surface area contributed by atoms with Crippen LogP contribution in [-0.4, -0.2) is 19.2 Å². The highest BCUT2D eigenvalue weighted by Gasteiger charge is 2.14. The minimum atomic E-state index is -0.388. The average molecular weight is 279 g/mol. The number of esters is 1. The number of anilines is 1. The minimum absolute atomic E-state index is 0.337. The molecule has 0 unspecified atom stereocenters. The number of benzene rings is 1. The van der Waals surface area contributed by atoms with E-state index >= 15 is 0 Å². The monoisotopic (exact) mass is 279 g/mol. The fourth-order valence-corrected chi connectivity index (χ4v) is 1.93. The van der Waals surface area contributed by atoms with Crippen LogP contribution in [0.3, 0.4) is 0 Å². The van der Waals surface area contributed by atoms with Crippen molar-refractivity contribution in [2.75, 3.05) is 18.9 Å². The van der Waals surface area contributed by atoms with Crippen molar-refractivity contribution in [2.45, 2.75) is 46.0 Å². The molecular weight excluding hydrogens is 254 g/mol. The Balaban J connectivity index is 2.53. The molecule has 1 aromatic carbocycles. The number of carbonyl (C=O) groups excluding carboxylic acids is 1. The molecule has 1 rings (SSSR count). The number of unbranched alkanes of at least 4 members (excludes halogenated alkanes) is 4. The molecule has 0 bridgehead atoms. The molecule has 0 aliphatic carbocycles. The van der Waals surface area contributed by atoms with Crippen LogP contribution >= 0.6 is 0 Å². The number of nitrogens with two attached hydrogens (primary N) is 1. The highest BCUT2D eigenvalue weighted by atomic mass is 16.5. The van der Waals surface area contributed by atoms with Gasteiger partial charge in [-0.1, -0.05) is 32.6 Å². The third-order valence-electron chi connectivity index (χ3n) is 3.00. The lowest BCUT2D eigenvalue weighted by Gasteiger charge is -2.11. The topological polar surface area (TPSA) is 61.5 Å². The number of carbonyl (C=O) groups is 1. The van der Waals surface area contributed by atoms with E-state index in [-0.39, 0.29) is 5.97 Å². The van der Waals surface area contributed by atoms with Crippen LogP contribution in [0.5, 0.6) is 5.75 Å². The zero-order chi connectivity index (χ0) is 14.8. The predicted molar refractivity (Wildman–Crippen MR) is 81.1 cm³/mol. The Hall–Kier alpha value is -1.71. The van der Waals surface area contributed by atoms with Gasteiger partial charge in [0.15, 0.2) is 0 Å². The van der Waals surface area contributed by atoms with Crippen molar-refractivity contribution in [1.29, 1.82) is 0 Å². The van der Waals surface area contributed by atoms with Gasteiger partial charge >= 0.3 is 5.97 Å². The maximum atomic E-state index is 11.8. The number of hydrogen-bond donors (Lipinski definition) is 1. The summed E-state index contributed by atoms with van der Waals surface area (Å²) < 4.78 is 10.7. The molecule has 112 valence electrons. The molecule has 0 fully saturated rings. The lowest BCUT2D eigenvalue weighted by atomic mass is 10.1. The Morgan fingerprint density at radius 3 is 2.60 bits per heavy atom. The largest absolute Gasteiger partial charge is 0.493 e. The summed E-state index contributed by atoms with van der Waals surface area (Å²) in [5.74, 6) is 0.161. The molecule has 0 saturated carbocycles. The van der Waals surface area contributed by atoms with Crippen molar-refractivity contribution in [3.05, 3.63) is 23.8 Å². The zero-order valence-electron chi connectivity index (χ0n) is 12.5. The fraction of sp³-hybridized carbons (Fsp3) is 0.562. The van der Waals surface area contributed by atoms with E-state index in [1.54, 1.807) is 25.1 Å². The molecule has 4 nitrogen and oxygen atoms in total. The molecule has 2 N–H and O–H groups in total. The molecule has 1 aromatic rings. The molecule has 0 spiro atoms. The summed E-state index contributed by atoms with van der Waals surface area (Å²) in [6.07, 6.45) is 5.86. The lowest BCUT2D eigenvalue weighted by Crippen LogP contribution is -2.09. The van der Waals surface area contributed by atoms with Gasteiger partial charge < -0.3 is 15.2 Å². The third-order valence-corrected chi connectivity index (χ3v) is 3.00. The summed E-state index contributed by atoms with van der Waals surface area (Å²) in [4.78, 5) is 11.8. The molecule has 0 aliphatic rings. The smallest absolute Gasteiger partial charge is 0.341 e. The van der Waals surface area contributed by atoms with E-state index in [0.29, 0.717) is 30.2 Å². The second kappa shape index (κ2) is 9.23. The molecule has 0 saturated heterocycles. The summed E-state index contributed by atoms with van der Waals surface area (Å²) in [6, 6.07) is 5.06. The highest BCUT2D eigenvalue weighted by Crippen LogP contribution is 2.22. The molecule has 4 heteroatoms. The third kappa shape index (κ3) is 5.51. The summed E-state index contributed by atoms with van der Waals surface area (Å²) >= 11 is 0. The SMILES string of the molecule is CCCCCCCOc1ccc(N)cc1C(=O)OCC. The number of nitrogen functional groups attached to an aromatic ring is 1. The van der Waals surface area contributed by atoms with Gasteiger partial charge in [-0.25, -0.2) is 4.79 Å². The van der Waals surface area contributed by atoms with Crippen LogP contribution in [0.4, 0.5) is 5.69 Å². The first-order chi connectivity index (χ1) is 9.69. The van der Waals surface area contributed by atoms with Gasteiger partial charge in [-0.3, -0.25) is 0 Å². The molecule has 0 radical (unpaired) electrons. The quantitative estimate of drug-likeness (QED) is 0.424. The van der Waals surface area contributed by atoms with E-state index in [9.17, 15) is 4.79 Å². The normalized spacial score (nSPS) is 10.3. The molecule has 20 heavy (non-hydrogen) atoms. The van der Waals surface area contributed by atoms with E-state index in [0.717, 1.165) is 12.8 Å². The summed E-state index contributed by atoms with van der Waals surface area (Å²) in [6.45, 7) is 4.92. The molecular formula is C16H25NO3. The summed E-state index contributed by atoms with van der Waals surface area (Å²) in [7, 11) is 0. The van der Waals surface area contributed by atoms with Crippen molar-refractivity contribution in [3.63, 3.8) is 0 Å². The van der Waals surface area contributed by atoms with Gasteiger partial charge in [0.25, 0.3) is 0 Å². The van der Waals surface area contributed by atoms with Crippen molar-refractivity contribution in [1.82, 2.24) is 0 Å². The standard InChI is InChI=1S/C16H25NO3/c1-3-5-6-7-8-11-20-15-10-9-13(17)12-14(15)16(18)19-4-2/h9-10,12H,3-8,11,17H2,1-2H3. The summed E-state index contributed by atoms with van der Waals surface area (Å²) in [5, 5.41) is 0. The van der Waals surface area contributed by atoms with Crippen LogP contribution in [0.15, 0.2) is 18.2 Å². The molecule has 0 aromatic heterocycles. The van der Waals surface area contributed by atoms with Gasteiger partial charge in [0.1, 0.15) is 11.3 Å². The van der Waals surface area contributed by atoms with Crippen molar-refractivity contribution in [3.8, 4) is 5.75 Å². The molecule has 0 amide bonds. The van der Waals surface area contributed by atoms with Crippen molar-refractivity contribution in [2.24, 2.45) is 0 Å². The second-order valence-electron chi connectivity index (χ2n) is 4.74. The van der Waals surface area contributed by atoms with Crippen LogP contribution in [0, 0.1) is 0 Å². The van der Waals surface area contributed by atoms with Crippen LogP contribution in [0.25, 0.3) is 0 Å². The zero-order valence-corrected chi connectivity index (χ0v) is 12.5. The Kier molecular flexibility index (Phi) is 7.55. The van der Waals surface area contributed by atoms with Gasteiger partial charge in [0.05, 0.1) is 13.2 Å². The fourth-order valence-electron chi connectivity index (χ4n) is 1.93. The first-order valence-corrected chi connectivity index (χ1v) is 7.38. The Labute approximate surface area is 121 Å². The van der Waals surface area contributed by atoms with Gasteiger partial charge in [0, 0.05) is 5.69 Å². The van der Waals surface area contributed by atoms with E-state index in [2.05, 4.69) is 6.92 Å². The Morgan fingerprint density at radius 2 is 1.90 bits per heavy atom. The number of ether oxygens (including phenoxy) is 2. The van der Waals surface area contributed by atoms with E-state index in [1.807, 2.05) is 0 Å². The van der Waals surface area contributed by atoms with Crippen molar-refractivity contribution < 1.29 is 14.3 Å². The predicted octanol–water partition coefficient (Wildman–Crippen LogP) is 3.79. The van der Waals surface area contributed by atoms with Crippen LogP contribution < -0.4 is 10.5 Å². The van der Waals surface area contributed by atoms with E-state index < -0.39 is 0 Å². The number of rotatable bonds is 9. The van der Waals surface area contributed by atoms with E-state index in [1.165, 1.54) is 19.3 Å². The minimum Gasteiger partial charge on any atom is -0.493 e. The average Bonchev–Trinajstić information content (AvgIpc) is 2.44. The van der Waals surface area contributed by atoms with Crippen LogP contribution in [0.2, 0.25) is 0 Å². The Bertz CT molecular complexity index is 418. The van der Waals surface area contributed by atoms with E-state index in [4.69, 9.17) is 15.2 Å². The maximum absolute atomic E-state index is 11.8. The first kappa shape index (κ1) is 16.3. The van der Waals surface area contributed by atoms with Crippen molar-refractivity contribution >= 4 is 11.7 Å². The summed E-state index contributed by atoms with van der Waals surface area (Å²) in [5.41, 5.74) is 6.64. The number of hydrogen-bond acceptors (Lipinski definition) is 4. The molecule has 0 heterocycles. The van der Waals surface area contributed by atoms with Crippen LogP contribution in [-0.2, 0) is 4.74 Å². The maximum Gasteiger partial charge on any atom is 0.341 e. The van der Waals surface area contributed by atoms with Gasteiger partial charge in [-0.05, 0) is 31.5 Å².